The molecule has 0 amide bonds. The van der Waals surface area contributed by atoms with Crippen molar-refractivity contribution >= 4 is 51.1 Å². The van der Waals surface area contributed by atoms with Crippen LogP contribution in [0.5, 0.6) is 0 Å². The lowest BCUT2D eigenvalue weighted by Gasteiger charge is -2.36. The molecule has 3 unspecified atom stereocenters. The van der Waals surface area contributed by atoms with E-state index in [1.807, 2.05) is 42.7 Å². The minimum absolute atomic E-state index is 0.0108. The van der Waals surface area contributed by atoms with Gasteiger partial charge < -0.3 is 5.32 Å². The molecule has 1 aliphatic rings. The van der Waals surface area contributed by atoms with E-state index in [0.29, 0.717) is 20.5 Å². The first-order chi connectivity index (χ1) is 9.60. The summed E-state index contributed by atoms with van der Waals surface area (Å²) in [6.07, 6.45) is 1.10. The maximum Gasteiger partial charge on any atom is 0.147 e. The number of benzene rings is 1. The fraction of sp³-hybridized carbons (Fsp3) is 0.571. The van der Waals surface area contributed by atoms with Crippen molar-refractivity contribution in [3.05, 3.63) is 33.0 Å². The van der Waals surface area contributed by atoms with Gasteiger partial charge in [0.15, 0.2) is 0 Å². The van der Waals surface area contributed by atoms with Crippen LogP contribution in [0, 0.1) is 5.82 Å². The second-order valence-corrected chi connectivity index (χ2v) is 8.55. The Bertz CT molecular complexity index is 475. The predicted octanol–water partition coefficient (Wildman–Crippen LogP) is 5.13. The summed E-state index contributed by atoms with van der Waals surface area (Å²) in [7, 11) is 1.90. The zero-order valence-corrected chi connectivity index (χ0v) is 15.4. The van der Waals surface area contributed by atoms with E-state index >= 15 is 0 Å². The van der Waals surface area contributed by atoms with Crippen LogP contribution in [0.4, 0.5) is 4.39 Å². The van der Waals surface area contributed by atoms with Crippen LogP contribution in [-0.2, 0) is 0 Å². The molecule has 20 heavy (non-hydrogen) atoms. The third kappa shape index (κ3) is 3.49. The molecule has 1 saturated heterocycles. The van der Waals surface area contributed by atoms with Crippen LogP contribution in [0.15, 0.2) is 16.6 Å². The van der Waals surface area contributed by atoms with Gasteiger partial charge >= 0.3 is 0 Å². The van der Waals surface area contributed by atoms with Gasteiger partial charge in [-0.3, -0.25) is 0 Å². The molecule has 1 heterocycles. The van der Waals surface area contributed by atoms with Crippen molar-refractivity contribution in [2.75, 3.05) is 18.6 Å². The SMILES string of the molecule is CCC1SCCSC1C(NC)c1ccc(Br)c(Cl)c1F. The van der Waals surface area contributed by atoms with E-state index in [0.717, 1.165) is 12.2 Å². The topological polar surface area (TPSA) is 12.0 Å². The summed E-state index contributed by atoms with van der Waals surface area (Å²) in [6.45, 7) is 2.20. The van der Waals surface area contributed by atoms with Gasteiger partial charge in [0, 0.05) is 38.1 Å². The molecule has 1 fully saturated rings. The summed E-state index contributed by atoms with van der Waals surface area (Å²) in [5.41, 5.74) is 0.666. The van der Waals surface area contributed by atoms with E-state index in [1.165, 1.54) is 5.75 Å². The highest BCUT2D eigenvalue weighted by Crippen LogP contribution is 2.42. The number of nitrogens with one attached hydrogen (secondary N) is 1. The second-order valence-electron chi connectivity index (χ2n) is 4.68. The van der Waals surface area contributed by atoms with Gasteiger partial charge in [-0.2, -0.15) is 23.5 Å². The molecule has 6 heteroatoms. The quantitative estimate of drug-likeness (QED) is 0.706. The van der Waals surface area contributed by atoms with Crippen LogP contribution in [0.3, 0.4) is 0 Å². The van der Waals surface area contributed by atoms with E-state index in [1.54, 1.807) is 0 Å². The predicted molar refractivity (Wildman–Crippen MR) is 93.7 cm³/mol. The summed E-state index contributed by atoms with van der Waals surface area (Å²) in [5, 5.41) is 4.38. The van der Waals surface area contributed by atoms with Crippen molar-refractivity contribution < 1.29 is 4.39 Å². The Labute approximate surface area is 141 Å². The molecule has 1 aromatic rings. The molecule has 1 N–H and O–H groups in total. The average molecular weight is 399 g/mol. The van der Waals surface area contributed by atoms with E-state index < -0.39 is 0 Å². The first-order valence-electron chi connectivity index (χ1n) is 6.64. The fourth-order valence-corrected chi connectivity index (χ4v) is 6.28. The maximum absolute atomic E-state index is 14.5. The summed E-state index contributed by atoms with van der Waals surface area (Å²) >= 11 is 13.2. The lowest BCUT2D eigenvalue weighted by atomic mass is 9.99. The zero-order valence-electron chi connectivity index (χ0n) is 11.5. The molecule has 1 nitrogen and oxygen atoms in total. The van der Waals surface area contributed by atoms with E-state index in [9.17, 15) is 4.39 Å². The highest BCUT2D eigenvalue weighted by atomic mass is 79.9. The monoisotopic (exact) mass is 397 g/mol. The van der Waals surface area contributed by atoms with Gasteiger partial charge in [0.05, 0.1) is 5.02 Å². The third-order valence-corrected chi connectivity index (χ3v) is 8.14. The Kier molecular flexibility index (Phi) is 6.54. The number of hydrogen-bond donors (Lipinski definition) is 1. The highest BCUT2D eigenvalue weighted by Gasteiger charge is 2.34. The van der Waals surface area contributed by atoms with Gasteiger partial charge in [-0.25, -0.2) is 4.39 Å². The first kappa shape index (κ1) is 16.9. The molecule has 0 aliphatic carbocycles. The molecule has 0 aromatic heterocycles. The number of halogens is 3. The van der Waals surface area contributed by atoms with Crippen molar-refractivity contribution in [3.63, 3.8) is 0 Å². The second kappa shape index (κ2) is 7.73. The van der Waals surface area contributed by atoms with Crippen molar-refractivity contribution in [3.8, 4) is 0 Å². The number of hydrogen-bond acceptors (Lipinski definition) is 3. The Morgan fingerprint density at radius 1 is 1.45 bits per heavy atom. The van der Waals surface area contributed by atoms with Crippen molar-refractivity contribution in [1.29, 1.82) is 0 Å². The largest absolute Gasteiger partial charge is 0.312 e. The van der Waals surface area contributed by atoms with E-state index in [2.05, 4.69) is 28.2 Å². The number of thioether (sulfide) groups is 2. The molecule has 2 rings (SSSR count). The minimum atomic E-state index is -0.314. The van der Waals surface area contributed by atoms with Gasteiger partial charge in [-0.1, -0.05) is 24.6 Å². The molecular formula is C14H18BrClFNS2. The lowest BCUT2D eigenvalue weighted by molar-refractivity contribution is 0.507. The Balaban J connectivity index is 2.34. The maximum atomic E-state index is 14.5. The Morgan fingerprint density at radius 2 is 2.15 bits per heavy atom. The Morgan fingerprint density at radius 3 is 2.80 bits per heavy atom. The summed E-state index contributed by atoms with van der Waals surface area (Å²) in [4.78, 5) is 0. The lowest BCUT2D eigenvalue weighted by Crippen LogP contribution is -2.37. The van der Waals surface area contributed by atoms with E-state index in [-0.39, 0.29) is 16.9 Å². The van der Waals surface area contributed by atoms with E-state index in [4.69, 9.17) is 11.6 Å². The molecule has 0 spiro atoms. The fourth-order valence-electron chi connectivity index (χ4n) is 2.52. The zero-order chi connectivity index (χ0) is 14.7. The molecule has 1 aliphatic heterocycles. The van der Waals surface area contributed by atoms with Gasteiger partial charge in [0.25, 0.3) is 0 Å². The average Bonchev–Trinajstić information content (AvgIpc) is 2.48. The van der Waals surface area contributed by atoms with Crippen LogP contribution in [0.2, 0.25) is 5.02 Å². The standard InChI is InChI=1S/C14H18BrClFNS2/c1-3-10-14(20-7-6-19-10)13(18-2)8-4-5-9(15)11(16)12(8)17/h4-5,10,13-14,18H,3,6-7H2,1-2H3. The molecular weight excluding hydrogens is 381 g/mol. The Hall–Kier alpha value is 0.580. The third-order valence-electron chi connectivity index (χ3n) is 3.53. The van der Waals surface area contributed by atoms with Crippen LogP contribution in [0.1, 0.15) is 24.9 Å². The molecule has 0 radical (unpaired) electrons. The van der Waals surface area contributed by atoms with Crippen LogP contribution in [-0.4, -0.2) is 29.1 Å². The van der Waals surface area contributed by atoms with Gasteiger partial charge in [-0.05, 0) is 35.5 Å². The molecule has 0 saturated carbocycles. The van der Waals surface area contributed by atoms with Crippen LogP contribution < -0.4 is 5.32 Å². The summed E-state index contributed by atoms with van der Waals surface area (Å²) < 4.78 is 15.1. The molecule has 112 valence electrons. The smallest absolute Gasteiger partial charge is 0.147 e. The summed E-state index contributed by atoms with van der Waals surface area (Å²) in [5.74, 6) is 1.99. The van der Waals surface area contributed by atoms with Gasteiger partial charge in [0.2, 0.25) is 0 Å². The normalized spacial score (nSPS) is 24.6. The first-order valence-corrected chi connectivity index (χ1v) is 9.90. The molecule has 3 atom stereocenters. The molecule has 0 bridgehead atoms. The van der Waals surface area contributed by atoms with Crippen LogP contribution in [0.25, 0.3) is 0 Å². The van der Waals surface area contributed by atoms with Gasteiger partial charge in [-0.15, -0.1) is 0 Å². The van der Waals surface area contributed by atoms with Crippen molar-refractivity contribution in [2.45, 2.75) is 29.9 Å². The van der Waals surface area contributed by atoms with Crippen LogP contribution >= 0.6 is 51.1 Å². The van der Waals surface area contributed by atoms with Gasteiger partial charge in [0.1, 0.15) is 5.82 Å². The minimum Gasteiger partial charge on any atom is -0.312 e. The number of rotatable bonds is 4. The molecule has 1 aromatic carbocycles. The van der Waals surface area contributed by atoms with Crippen molar-refractivity contribution in [1.82, 2.24) is 5.32 Å². The van der Waals surface area contributed by atoms with Crippen molar-refractivity contribution in [2.24, 2.45) is 0 Å². The summed E-state index contributed by atoms with van der Waals surface area (Å²) in [6, 6.07) is 3.65. The highest BCUT2D eigenvalue weighted by molar-refractivity contribution is 9.10.